The summed E-state index contributed by atoms with van der Waals surface area (Å²) in [7, 11) is 3.29. The van der Waals surface area contributed by atoms with E-state index in [0.717, 1.165) is 34.0 Å². The van der Waals surface area contributed by atoms with Gasteiger partial charge in [0.15, 0.2) is 0 Å². The van der Waals surface area contributed by atoms with E-state index in [4.69, 9.17) is 21.1 Å². The molecule has 0 spiro atoms. The fourth-order valence-electron chi connectivity index (χ4n) is 2.41. The first-order chi connectivity index (χ1) is 10.3. The van der Waals surface area contributed by atoms with Crippen LogP contribution in [0.15, 0.2) is 42.5 Å². The van der Waals surface area contributed by atoms with Crippen LogP contribution in [-0.2, 0) is 5.88 Å². The smallest absolute Gasteiger partial charge is 0.142 e. The Morgan fingerprint density at radius 1 is 1.10 bits per heavy atom. The summed E-state index contributed by atoms with van der Waals surface area (Å²) < 4.78 is 12.7. The molecule has 1 heterocycles. The summed E-state index contributed by atoms with van der Waals surface area (Å²) in [5, 5.41) is 0. The number of hydrogen-bond acceptors (Lipinski definition) is 3. The van der Waals surface area contributed by atoms with Gasteiger partial charge in [0.05, 0.1) is 36.8 Å². The molecule has 0 bridgehead atoms. The van der Waals surface area contributed by atoms with Crippen molar-refractivity contribution >= 4 is 22.6 Å². The van der Waals surface area contributed by atoms with Crippen LogP contribution in [0.4, 0.5) is 0 Å². The van der Waals surface area contributed by atoms with Crippen molar-refractivity contribution in [3.05, 3.63) is 48.3 Å². The molecule has 0 unspecified atom stereocenters. The number of methoxy groups -OCH3 is 2. The molecule has 5 heteroatoms. The fraction of sp³-hybridized carbons (Fsp3) is 0.188. The van der Waals surface area contributed by atoms with Gasteiger partial charge in [0.1, 0.15) is 17.3 Å². The molecule has 0 radical (unpaired) electrons. The molecular weight excluding hydrogens is 288 g/mol. The van der Waals surface area contributed by atoms with E-state index in [1.165, 1.54) is 0 Å². The molecule has 2 aromatic carbocycles. The van der Waals surface area contributed by atoms with Crippen molar-refractivity contribution < 1.29 is 9.47 Å². The number of hydrogen-bond donors (Lipinski definition) is 0. The van der Waals surface area contributed by atoms with Crippen molar-refractivity contribution in [2.24, 2.45) is 0 Å². The average Bonchev–Trinajstić information content (AvgIpc) is 2.91. The first-order valence-electron chi connectivity index (χ1n) is 6.53. The molecule has 0 N–H and O–H groups in total. The highest BCUT2D eigenvalue weighted by Gasteiger charge is 2.15. The maximum atomic E-state index is 6.07. The van der Waals surface area contributed by atoms with Crippen LogP contribution in [0.3, 0.4) is 0 Å². The lowest BCUT2D eigenvalue weighted by Crippen LogP contribution is -2.01. The third-order valence-corrected chi connectivity index (χ3v) is 3.62. The Morgan fingerprint density at radius 2 is 1.90 bits per heavy atom. The van der Waals surface area contributed by atoms with E-state index >= 15 is 0 Å². The van der Waals surface area contributed by atoms with Crippen molar-refractivity contribution in [2.45, 2.75) is 5.88 Å². The second-order valence-electron chi connectivity index (χ2n) is 4.52. The lowest BCUT2D eigenvalue weighted by Gasteiger charge is -2.12. The number of para-hydroxylation sites is 2. The van der Waals surface area contributed by atoms with Crippen molar-refractivity contribution in [3.63, 3.8) is 0 Å². The van der Waals surface area contributed by atoms with Crippen LogP contribution in [-0.4, -0.2) is 23.8 Å². The van der Waals surface area contributed by atoms with Crippen LogP contribution in [0.2, 0.25) is 0 Å². The van der Waals surface area contributed by atoms with Crippen LogP contribution in [0.1, 0.15) is 5.82 Å². The number of benzene rings is 2. The van der Waals surface area contributed by atoms with Gasteiger partial charge in [-0.25, -0.2) is 4.98 Å². The fourth-order valence-corrected chi connectivity index (χ4v) is 2.59. The molecule has 1 aromatic heterocycles. The van der Waals surface area contributed by atoms with Gasteiger partial charge in [-0.05, 0) is 24.3 Å². The molecule has 4 nitrogen and oxygen atoms in total. The highest BCUT2D eigenvalue weighted by Crippen LogP contribution is 2.30. The van der Waals surface area contributed by atoms with Gasteiger partial charge < -0.3 is 9.47 Å². The predicted octanol–water partition coefficient (Wildman–Crippen LogP) is 3.78. The molecular formula is C16H15ClN2O2. The average molecular weight is 303 g/mol. The van der Waals surface area contributed by atoms with Crippen molar-refractivity contribution in [1.82, 2.24) is 9.55 Å². The van der Waals surface area contributed by atoms with Gasteiger partial charge in [0, 0.05) is 6.07 Å². The Balaban J connectivity index is 2.30. The van der Waals surface area contributed by atoms with Crippen LogP contribution < -0.4 is 9.47 Å². The van der Waals surface area contributed by atoms with Gasteiger partial charge in [-0.2, -0.15) is 0 Å². The Bertz CT molecular complexity index is 783. The molecule has 0 saturated heterocycles. The van der Waals surface area contributed by atoms with E-state index in [1.807, 2.05) is 47.0 Å². The summed E-state index contributed by atoms with van der Waals surface area (Å²) >= 11 is 6.07. The topological polar surface area (TPSA) is 36.3 Å². The highest BCUT2D eigenvalue weighted by atomic mass is 35.5. The lowest BCUT2D eigenvalue weighted by molar-refractivity contribution is 0.413. The summed E-state index contributed by atoms with van der Waals surface area (Å²) in [6.07, 6.45) is 0. The second kappa shape index (κ2) is 5.66. The highest BCUT2D eigenvalue weighted by molar-refractivity contribution is 6.17. The minimum atomic E-state index is 0.315. The Morgan fingerprint density at radius 3 is 2.62 bits per heavy atom. The van der Waals surface area contributed by atoms with Gasteiger partial charge in [-0.1, -0.05) is 12.1 Å². The molecule has 108 valence electrons. The maximum Gasteiger partial charge on any atom is 0.142 e. The Labute approximate surface area is 127 Å². The number of imidazole rings is 1. The molecule has 0 aliphatic heterocycles. The number of ether oxygens (including phenoxy) is 2. The maximum absolute atomic E-state index is 6.07. The third kappa shape index (κ3) is 2.32. The van der Waals surface area contributed by atoms with E-state index in [2.05, 4.69) is 4.98 Å². The normalized spacial score (nSPS) is 10.8. The Hall–Kier alpha value is -2.20. The number of fused-ring (bicyclic) bond motifs is 1. The summed E-state index contributed by atoms with van der Waals surface area (Å²) in [4.78, 5) is 4.59. The molecule has 3 aromatic rings. The minimum Gasteiger partial charge on any atom is -0.497 e. The van der Waals surface area contributed by atoms with Gasteiger partial charge in [-0.15, -0.1) is 11.6 Å². The molecule has 0 fully saturated rings. The zero-order valence-corrected chi connectivity index (χ0v) is 12.6. The molecule has 3 rings (SSSR count). The van der Waals surface area contributed by atoms with Crippen LogP contribution in [0, 0.1) is 0 Å². The zero-order valence-electron chi connectivity index (χ0n) is 11.8. The van der Waals surface area contributed by atoms with E-state index in [0.29, 0.717) is 5.88 Å². The lowest BCUT2D eigenvalue weighted by atomic mass is 10.2. The van der Waals surface area contributed by atoms with Crippen LogP contribution >= 0.6 is 11.6 Å². The summed E-state index contributed by atoms with van der Waals surface area (Å²) in [6.45, 7) is 0. The number of halogens is 1. The van der Waals surface area contributed by atoms with Crippen molar-refractivity contribution in [1.29, 1.82) is 0 Å². The molecule has 21 heavy (non-hydrogen) atoms. The molecule has 0 aliphatic rings. The first kappa shape index (κ1) is 13.8. The standard InChI is InChI=1S/C16H15ClN2O2/c1-20-11-7-8-13-12(9-11)18-16(10-17)19(13)14-5-3-4-6-15(14)21-2/h3-9H,10H2,1-2H3. The number of aromatic nitrogens is 2. The quantitative estimate of drug-likeness (QED) is 0.688. The molecule has 0 amide bonds. The largest absolute Gasteiger partial charge is 0.497 e. The third-order valence-electron chi connectivity index (χ3n) is 3.38. The van der Waals surface area contributed by atoms with Gasteiger partial charge in [0.25, 0.3) is 0 Å². The van der Waals surface area contributed by atoms with Crippen molar-refractivity contribution in [3.8, 4) is 17.2 Å². The second-order valence-corrected chi connectivity index (χ2v) is 4.79. The monoisotopic (exact) mass is 302 g/mol. The molecule has 0 saturated carbocycles. The van der Waals surface area contributed by atoms with E-state index in [1.54, 1.807) is 14.2 Å². The first-order valence-corrected chi connectivity index (χ1v) is 7.06. The zero-order chi connectivity index (χ0) is 14.8. The summed E-state index contributed by atoms with van der Waals surface area (Å²) in [6, 6.07) is 13.6. The van der Waals surface area contributed by atoms with Crippen LogP contribution in [0.25, 0.3) is 16.7 Å². The molecule has 0 atom stereocenters. The van der Waals surface area contributed by atoms with E-state index in [9.17, 15) is 0 Å². The van der Waals surface area contributed by atoms with Gasteiger partial charge in [-0.3, -0.25) is 4.57 Å². The van der Waals surface area contributed by atoms with Crippen LogP contribution in [0.5, 0.6) is 11.5 Å². The summed E-state index contributed by atoms with van der Waals surface area (Å²) in [5.41, 5.74) is 2.73. The number of alkyl halides is 1. The van der Waals surface area contributed by atoms with Gasteiger partial charge >= 0.3 is 0 Å². The van der Waals surface area contributed by atoms with Crippen molar-refractivity contribution in [2.75, 3.05) is 14.2 Å². The minimum absolute atomic E-state index is 0.315. The SMILES string of the molecule is COc1ccc2c(c1)nc(CCl)n2-c1ccccc1OC. The van der Waals surface area contributed by atoms with E-state index in [-0.39, 0.29) is 0 Å². The molecule has 0 aliphatic carbocycles. The predicted molar refractivity (Wildman–Crippen MR) is 83.7 cm³/mol. The summed E-state index contributed by atoms with van der Waals surface area (Å²) in [5.74, 6) is 2.63. The Kier molecular flexibility index (Phi) is 3.71. The van der Waals surface area contributed by atoms with E-state index < -0.39 is 0 Å². The van der Waals surface area contributed by atoms with Gasteiger partial charge in [0.2, 0.25) is 0 Å². The number of rotatable bonds is 4. The number of nitrogens with zero attached hydrogens (tertiary/aromatic N) is 2.